The SMILES string of the molecule is Cl[C-]=[O+]CC1(c2ccccc2)CC1. The number of hydrogen-bond donors (Lipinski definition) is 0. The van der Waals surface area contributed by atoms with E-state index in [1.807, 2.05) is 6.07 Å². The van der Waals surface area contributed by atoms with Crippen molar-refractivity contribution in [3.8, 4) is 0 Å². The van der Waals surface area contributed by atoms with Crippen molar-refractivity contribution in [3.05, 3.63) is 35.9 Å². The van der Waals surface area contributed by atoms with E-state index in [0.717, 1.165) is 0 Å². The van der Waals surface area contributed by atoms with Gasteiger partial charge < -0.3 is 4.42 Å². The molecule has 68 valence electrons. The van der Waals surface area contributed by atoms with Crippen LogP contribution in [0.15, 0.2) is 30.3 Å². The lowest BCUT2D eigenvalue weighted by Crippen LogP contribution is -2.12. The smallest absolute Gasteiger partial charge is 0.229 e. The number of carbonyl (C=O) groups excluding carboxylic acids is 1. The fourth-order valence-electron chi connectivity index (χ4n) is 1.62. The van der Waals surface area contributed by atoms with Crippen LogP contribution in [0.2, 0.25) is 0 Å². The molecule has 0 heterocycles. The highest BCUT2D eigenvalue weighted by Gasteiger charge is 2.47. The zero-order valence-corrected chi connectivity index (χ0v) is 8.05. The summed E-state index contributed by atoms with van der Waals surface area (Å²) in [5.41, 5.74) is 1.57. The molecule has 13 heavy (non-hydrogen) atoms. The number of benzene rings is 1. The summed E-state index contributed by atoms with van der Waals surface area (Å²) in [6.07, 6.45) is 2.38. The van der Waals surface area contributed by atoms with E-state index in [0.29, 0.717) is 6.61 Å². The second-order valence-corrected chi connectivity index (χ2v) is 3.67. The second kappa shape index (κ2) is 3.51. The highest BCUT2D eigenvalue weighted by molar-refractivity contribution is 6.54. The van der Waals surface area contributed by atoms with Crippen LogP contribution in [0, 0.1) is 0 Å². The molecule has 1 saturated carbocycles. The summed E-state index contributed by atoms with van der Waals surface area (Å²) in [7, 11) is 0. The van der Waals surface area contributed by atoms with E-state index in [1.54, 1.807) is 0 Å². The molecular weight excluding hydrogens is 184 g/mol. The third-order valence-electron chi connectivity index (χ3n) is 2.64. The topological polar surface area (TPSA) is 11.3 Å². The van der Waals surface area contributed by atoms with Gasteiger partial charge in [0, 0.05) is 0 Å². The van der Waals surface area contributed by atoms with E-state index in [-0.39, 0.29) is 5.41 Å². The van der Waals surface area contributed by atoms with Gasteiger partial charge in [0.1, 0.15) is 0 Å². The molecule has 2 heteroatoms. The van der Waals surface area contributed by atoms with Crippen LogP contribution in [0.3, 0.4) is 0 Å². The molecule has 1 fully saturated rings. The Morgan fingerprint density at radius 2 is 2.00 bits per heavy atom. The zero-order valence-electron chi connectivity index (χ0n) is 7.29. The molecule has 1 aliphatic carbocycles. The van der Waals surface area contributed by atoms with E-state index in [4.69, 9.17) is 16.0 Å². The quantitative estimate of drug-likeness (QED) is 0.398. The molecule has 2 rings (SSSR count). The van der Waals surface area contributed by atoms with Crippen molar-refractivity contribution in [3.63, 3.8) is 0 Å². The molecule has 0 unspecified atom stereocenters. The van der Waals surface area contributed by atoms with Crippen molar-refractivity contribution in [2.75, 3.05) is 6.61 Å². The van der Waals surface area contributed by atoms with Crippen LogP contribution in [0.5, 0.6) is 0 Å². The normalized spacial score (nSPS) is 19.2. The minimum Gasteiger partial charge on any atom is -0.439 e. The minimum atomic E-state index is 0.225. The fraction of sp³-hybridized carbons (Fsp3) is 0.364. The van der Waals surface area contributed by atoms with Gasteiger partial charge in [0.05, 0.1) is 11.2 Å². The maximum atomic E-state index is 5.25. The molecule has 0 aliphatic heterocycles. The number of rotatable bonds is 3. The summed E-state index contributed by atoms with van der Waals surface area (Å²) in [4.78, 5) is 0. The molecule has 0 saturated heterocycles. The Morgan fingerprint density at radius 3 is 2.54 bits per heavy atom. The average molecular weight is 195 g/mol. The zero-order chi connectivity index (χ0) is 9.15. The van der Waals surface area contributed by atoms with E-state index in [1.165, 1.54) is 18.4 Å². The lowest BCUT2D eigenvalue weighted by Gasteiger charge is -2.08. The Kier molecular flexibility index (Phi) is 2.36. The summed E-state index contributed by atoms with van der Waals surface area (Å²) in [6.45, 7) is 0.653. The predicted octanol–water partition coefficient (Wildman–Crippen LogP) is 2.56. The van der Waals surface area contributed by atoms with Crippen molar-refractivity contribution < 1.29 is 4.42 Å². The molecular formula is C11H11ClO. The van der Waals surface area contributed by atoms with Crippen molar-refractivity contribution >= 4 is 17.3 Å². The molecule has 0 spiro atoms. The van der Waals surface area contributed by atoms with Crippen LogP contribution in [-0.2, 0) is 9.84 Å². The van der Waals surface area contributed by atoms with Crippen LogP contribution >= 0.6 is 11.6 Å². The Morgan fingerprint density at radius 1 is 1.31 bits per heavy atom. The van der Waals surface area contributed by atoms with Crippen molar-refractivity contribution in [2.24, 2.45) is 0 Å². The molecule has 1 aliphatic rings. The van der Waals surface area contributed by atoms with Crippen LogP contribution in [0.4, 0.5) is 0 Å². The van der Waals surface area contributed by atoms with Gasteiger partial charge in [-0.2, -0.15) is 0 Å². The van der Waals surface area contributed by atoms with Gasteiger partial charge in [-0.25, -0.2) is 11.6 Å². The maximum Gasteiger partial charge on any atom is 0.229 e. The molecule has 0 radical (unpaired) electrons. The third-order valence-corrected chi connectivity index (χ3v) is 2.75. The first-order valence-corrected chi connectivity index (χ1v) is 4.78. The monoisotopic (exact) mass is 194 g/mol. The molecule has 0 atom stereocenters. The largest absolute Gasteiger partial charge is 0.439 e. The first-order valence-electron chi connectivity index (χ1n) is 4.40. The van der Waals surface area contributed by atoms with Crippen LogP contribution in [0.25, 0.3) is 0 Å². The molecule has 0 amide bonds. The van der Waals surface area contributed by atoms with E-state index >= 15 is 0 Å². The van der Waals surface area contributed by atoms with E-state index in [9.17, 15) is 0 Å². The van der Waals surface area contributed by atoms with E-state index < -0.39 is 0 Å². The van der Waals surface area contributed by atoms with Crippen molar-refractivity contribution in [2.45, 2.75) is 18.3 Å². The van der Waals surface area contributed by atoms with Gasteiger partial charge >= 0.3 is 0 Å². The van der Waals surface area contributed by atoms with Gasteiger partial charge in [-0.1, -0.05) is 30.3 Å². The number of hydrogen-bond acceptors (Lipinski definition) is 0. The molecule has 1 aromatic carbocycles. The Bertz CT molecular complexity index is 301. The van der Waals surface area contributed by atoms with Crippen molar-refractivity contribution in [1.82, 2.24) is 0 Å². The van der Waals surface area contributed by atoms with Gasteiger partial charge in [0.15, 0.2) is 0 Å². The summed E-state index contributed by atoms with van der Waals surface area (Å²) in [6, 6.07) is 10.4. The average Bonchev–Trinajstić information content (AvgIpc) is 2.97. The molecule has 0 N–H and O–H groups in total. The van der Waals surface area contributed by atoms with Gasteiger partial charge in [0.2, 0.25) is 6.61 Å². The summed E-state index contributed by atoms with van der Waals surface area (Å²) >= 11 is 5.25. The summed E-state index contributed by atoms with van der Waals surface area (Å²) in [5.74, 6) is 2.21. The van der Waals surface area contributed by atoms with Crippen molar-refractivity contribution in [1.29, 1.82) is 0 Å². The minimum absolute atomic E-state index is 0.225. The first-order chi connectivity index (χ1) is 6.37. The Balaban J connectivity index is 2.16. The lowest BCUT2D eigenvalue weighted by molar-refractivity contribution is 0.0882. The molecule has 1 aromatic rings. The second-order valence-electron chi connectivity index (χ2n) is 3.51. The lowest BCUT2D eigenvalue weighted by atomic mass is 9.97. The first kappa shape index (κ1) is 8.76. The van der Waals surface area contributed by atoms with Crippen LogP contribution < -0.4 is 0 Å². The maximum absolute atomic E-state index is 5.25. The summed E-state index contributed by atoms with van der Waals surface area (Å²) < 4.78 is 5.03. The standard InChI is InChI=1S/C11H11ClO/c12-9-13-8-11(6-7-11)10-4-2-1-3-5-10/h1-5H,6-8H2. The molecule has 0 aromatic heterocycles. The van der Waals surface area contributed by atoms with Gasteiger partial charge in [-0.15, -0.1) is 0 Å². The third kappa shape index (κ3) is 1.75. The molecule has 0 bridgehead atoms. The highest BCUT2D eigenvalue weighted by atomic mass is 35.5. The Hall–Kier alpha value is -0.820. The van der Waals surface area contributed by atoms with Crippen LogP contribution in [-0.4, -0.2) is 12.4 Å². The van der Waals surface area contributed by atoms with Gasteiger partial charge in [-0.05, 0) is 18.4 Å². The summed E-state index contributed by atoms with van der Waals surface area (Å²) in [5, 5.41) is 0. The predicted molar refractivity (Wildman–Crippen MR) is 53.8 cm³/mol. The van der Waals surface area contributed by atoms with Crippen LogP contribution in [0.1, 0.15) is 18.4 Å². The van der Waals surface area contributed by atoms with Gasteiger partial charge in [0.25, 0.3) is 0 Å². The highest BCUT2D eigenvalue weighted by Crippen LogP contribution is 2.47. The van der Waals surface area contributed by atoms with Gasteiger partial charge in [-0.3, -0.25) is 0 Å². The number of halogens is 1. The molecule has 1 nitrogen and oxygen atoms in total. The van der Waals surface area contributed by atoms with E-state index in [2.05, 4.69) is 30.0 Å². The fourth-order valence-corrected chi connectivity index (χ4v) is 1.68. The Labute approximate surface area is 83.0 Å².